The van der Waals surface area contributed by atoms with Gasteiger partial charge in [0.2, 0.25) is 5.91 Å². The van der Waals surface area contributed by atoms with E-state index in [1.165, 1.54) is 5.56 Å². The molecule has 1 aliphatic rings. The van der Waals surface area contributed by atoms with Gasteiger partial charge in [-0.1, -0.05) is 30.3 Å². The third kappa shape index (κ3) is 3.18. The minimum atomic E-state index is -0.826. The highest BCUT2D eigenvalue weighted by Crippen LogP contribution is 2.37. The summed E-state index contributed by atoms with van der Waals surface area (Å²) in [5.74, 6) is 0.696. The van der Waals surface area contributed by atoms with Crippen LogP contribution in [0.2, 0.25) is 0 Å². The van der Waals surface area contributed by atoms with Gasteiger partial charge in [-0.15, -0.1) is 0 Å². The van der Waals surface area contributed by atoms with Gasteiger partial charge in [-0.3, -0.25) is 4.79 Å². The Morgan fingerprint density at radius 1 is 1.22 bits per heavy atom. The number of amides is 2. The number of nitrogens with two attached hydrogens (primary N) is 1. The summed E-state index contributed by atoms with van der Waals surface area (Å²) >= 11 is 0. The van der Waals surface area contributed by atoms with E-state index in [0.29, 0.717) is 12.2 Å². The quantitative estimate of drug-likeness (QED) is 0.947. The third-order valence-electron chi connectivity index (χ3n) is 4.16. The largest absolute Gasteiger partial charge is 0.411 e. The van der Waals surface area contributed by atoms with E-state index >= 15 is 0 Å². The molecular weight excluding hydrogens is 292 g/mol. The summed E-state index contributed by atoms with van der Waals surface area (Å²) in [5.41, 5.74) is 8.23. The Bertz CT molecular complexity index is 740. The summed E-state index contributed by atoms with van der Waals surface area (Å²) in [6.45, 7) is 0. The van der Waals surface area contributed by atoms with E-state index < -0.39 is 6.09 Å². The Hall–Kier alpha value is -2.82. The maximum absolute atomic E-state index is 12.2. The first-order valence-corrected chi connectivity index (χ1v) is 7.46. The Balaban J connectivity index is 1.81. The van der Waals surface area contributed by atoms with Crippen LogP contribution in [0, 0.1) is 0 Å². The minimum Gasteiger partial charge on any atom is -0.411 e. The zero-order valence-corrected chi connectivity index (χ0v) is 12.9. The highest BCUT2D eigenvalue weighted by atomic mass is 16.5. The molecule has 0 radical (unpaired) electrons. The molecule has 0 aromatic heterocycles. The fraction of sp³-hybridized carbons (Fsp3) is 0.222. The van der Waals surface area contributed by atoms with Crippen molar-refractivity contribution < 1.29 is 14.3 Å². The summed E-state index contributed by atoms with van der Waals surface area (Å²) in [4.78, 5) is 24.6. The second kappa shape index (κ2) is 6.12. The number of rotatable bonds is 3. The van der Waals surface area contributed by atoms with Crippen molar-refractivity contribution in [3.8, 4) is 5.75 Å². The number of carbonyl (C=O) groups is 2. The first kappa shape index (κ1) is 15.1. The second-order valence-electron chi connectivity index (χ2n) is 5.68. The van der Waals surface area contributed by atoms with Gasteiger partial charge in [0, 0.05) is 19.2 Å². The van der Waals surface area contributed by atoms with Gasteiger partial charge in [-0.2, -0.15) is 0 Å². The molecule has 2 aromatic carbocycles. The van der Waals surface area contributed by atoms with Gasteiger partial charge in [0.1, 0.15) is 5.75 Å². The molecule has 2 amide bonds. The molecule has 0 saturated heterocycles. The van der Waals surface area contributed by atoms with E-state index in [2.05, 4.69) is 6.07 Å². The highest BCUT2D eigenvalue weighted by Gasteiger charge is 2.28. The lowest BCUT2D eigenvalue weighted by atomic mass is 9.85. The molecule has 1 unspecified atom stereocenters. The number of para-hydroxylation sites is 1. The molecule has 1 heterocycles. The molecule has 5 heteroatoms. The van der Waals surface area contributed by atoms with Crippen LogP contribution in [0.1, 0.15) is 23.5 Å². The van der Waals surface area contributed by atoms with Crippen molar-refractivity contribution >= 4 is 17.7 Å². The lowest BCUT2D eigenvalue weighted by Gasteiger charge is -2.31. The van der Waals surface area contributed by atoms with E-state index in [1.54, 1.807) is 17.0 Å². The maximum atomic E-state index is 12.2. The van der Waals surface area contributed by atoms with E-state index in [-0.39, 0.29) is 11.8 Å². The average molecular weight is 310 g/mol. The standard InChI is InChI=1S/C18H18N2O3/c1-20-16-5-3-2-4-15(16)13(11-17(20)21)10-12-6-8-14(9-7-12)23-18(19)22/h2-9,13H,10-11H2,1H3,(H2,19,22). The molecule has 2 N–H and O–H groups in total. The number of anilines is 1. The monoisotopic (exact) mass is 310 g/mol. The highest BCUT2D eigenvalue weighted by molar-refractivity contribution is 5.96. The average Bonchev–Trinajstić information content (AvgIpc) is 2.54. The van der Waals surface area contributed by atoms with Crippen LogP contribution in [0.25, 0.3) is 0 Å². The van der Waals surface area contributed by atoms with E-state index in [4.69, 9.17) is 10.5 Å². The maximum Gasteiger partial charge on any atom is 0.409 e. The second-order valence-corrected chi connectivity index (χ2v) is 5.68. The van der Waals surface area contributed by atoms with Gasteiger partial charge in [0.25, 0.3) is 0 Å². The van der Waals surface area contributed by atoms with Crippen molar-refractivity contribution in [2.45, 2.75) is 18.8 Å². The van der Waals surface area contributed by atoms with Gasteiger partial charge >= 0.3 is 6.09 Å². The minimum absolute atomic E-state index is 0.127. The van der Waals surface area contributed by atoms with Crippen LogP contribution < -0.4 is 15.4 Å². The normalized spacial score (nSPS) is 16.8. The molecule has 5 nitrogen and oxygen atoms in total. The molecule has 118 valence electrons. The van der Waals surface area contributed by atoms with Gasteiger partial charge in [0.05, 0.1) is 0 Å². The molecular formula is C18H18N2O3. The van der Waals surface area contributed by atoms with Gasteiger partial charge in [-0.25, -0.2) is 4.79 Å². The van der Waals surface area contributed by atoms with Crippen LogP contribution in [-0.2, 0) is 11.2 Å². The molecule has 0 fully saturated rings. The first-order chi connectivity index (χ1) is 11.0. The summed E-state index contributed by atoms with van der Waals surface area (Å²) in [6, 6.07) is 15.2. The fourth-order valence-electron chi connectivity index (χ4n) is 3.01. The van der Waals surface area contributed by atoms with E-state index in [9.17, 15) is 9.59 Å². The number of carbonyl (C=O) groups excluding carboxylic acids is 2. The SMILES string of the molecule is CN1C(=O)CC(Cc2ccc(OC(N)=O)cc2)c2ccccc21. The van der Waals surface area contributed by atoms with Crippen LogP contribution in [0.4, 0.5) is 10.5 Å². The Labute approximate surface area is 134 Å². The molecule has 0 saturated carbocycles. The number of benzene rings is 2. The molecule has 2 aromatic rings. The molecule has 1 aliphatic heterocycles. The van der Waals surface area contributed by atoms with E-state index in [0.717, 1.165) is 17.7 Å². The molecule has 23 heavy (non-hydrogen) atoms. The smallest absolute Gasteiger partial charge is 0.409 e. The summed E-state index contributed by atoms with van der Waals surface area (Å²) in [6.07, 6.45) is 0.424. The molecule has 0 aliphatic carbocycles. The topological polar surface area (TPSA) is 72.6 Å². The van der Waals surface area contributed by atoms with Crippen LogP contribution in [0.3, 0.4) is 0 Å². The summed E-state index contributed by atoms with van der Waals surface area (Å²) < 4.78 is 4.82. The predicted octanol–water partition coefficient (Wildman–Crippen LogP) is 2.84. The van der Waals surface area contributed by atoms with Crippen LogP contribution >= 0.6 is 0 Å². The number of ether oxygens (including phenoxy) is 1. The van der Waals surface area contributed by atoms with Crippen LogP contribution in [0.5, 0.6) is 5.75 Å². The molecule has 3 rings (SSSR count). The molecule has 0 spiro atoms. The van der Waals surface area contributed by atoms with Crippen molar-refractivity contribution in [3.63, 3.8) is 0 Å². The van der Waals surface area contributed by atoms with Gasteiger partial charge < -0.3 is 15.4 Å². The number of primary amides is 1. The van der Waals surface area contributed by atoms with Gasteiger partial charge in [0.15, 0.2) is 0 Å². The predicted molar refractivity (Wildman–Crippen MR) is 87.6 cm³/mol. The van der Waals surface area contributed by atoms with Crippen LogP contribution in [-0.4, -0.2) is 19.0 Å². The van der Waals surface area contributed by atoms with Crippen molar-refractivity contribution in [3.05, 3.63) is 59.7 Å². The lowest BCUT2D eigenvalue weighted by molar-refractivity contribution is -0.119. The number of hydrogen-bond donors (Lipinski definition) is 1. The van der Waals surface area contributed by atoms with E-state index in [1.807, 2.05) is 37.4 Å². The van der Waals surface area contributed by atoms with Crippen LogP contribution in [0.15, 0.2) is 48.5 Å². The Morgan fingerprint density at radius 2 is 1.91 bits per heavy atom. The summed E-state index contributed by atoms with van der Waals surface area (Å²) in [7, 11) is 1.81. The molecule has 0 bridgehead atoms. The van der Waals surface area contributed by atoms with Crippen molar-refractivity contribution in [1.29, 1.82) is 0 Å². The van der Waals surface area contributed by atoms with Crippen molar-refractivity contribution in [1.82, 2.24) is 0 Å². The first-order valence-electron chi connectivity index (χ1n) is 7.46. The molecule has 1 atom stereocenters. The lowest BCUT2D eigenvalue weighted by Crippen LogP contribution is -2.33. The van der Waals surface area contributed by atoms with Crippen molar-refractivity contribution in [2.75, 3.05) is 11.9 Å². The number of hydrogen-bond acceptors (Lipinski definition) is 3. The Morgan fingerprint density at radius 3 is 2.61 bits per heavy atom. The zero-order valence-electron chi connectivity index (χ0n) is 12.9. The third-order valence-corrected chi connectivity index (χ3v) is 4.16. The Kier molecular flexibility index (Phi) is 4.02. The van der Waals surface area contributed by atoms with Crippen molar-refractivity contribution in [2.24, 2.45) is 5.73 Å². The fourth-order valence-corrected chi connectivity index (χ4v) is 3.01. The zero-order chi connectivity index (χ0) is 16.4. The summed E-state index contributed by atoms with van der Waals surface area (Å²) in [5, 5.41) is 0. The number of nitrogens with zero attached hydrogens (tertiary/aromatic N) is 1. The number of fused-ring (bicyclic) bond motifs is 1. The van der Waals surface area contributed by atoms with Gasteiger partial charge in [-0.05, 0) is 41.7 Å².